The minimum absolute atomic E-state index is 0.0132. The third-order valence-electron chi connectivity index (χ3n) is 3.44. The molecule has 140 valence electrons. The highest BCUT2D eigenvalue weighted by Gasteiger charge is 2.17. The summed E-state index contributed by atoms with van der Waals surface area (Å²) in [5.74, 6) is -1.53. The molecule has 0 amide bonds. The maximum Gasteiger partial charge on any atom is 0.331 e. The Morgan fingerprint density at radius 3 is 2.15 bits per heavy atom. The summed E-state index contributed by atoms with van der Waals surface area (Å²) in [7, 11) is 1.26. The van der Waals surface area contributed by atoms with Gasteiger partial charge in [0.15, 0.2) is 0 Å². The van der Waals surface area contributed by atoms with Gasteiger partial charge in [0.05, 0.1) is 13.5 Å². The lowest BCUT2D eigenvalue weighted by molar-refractivity contribution is -0.141. The van der Waals surface area contributed by atoms with Gasteiger partial charge in [-0.2, -0.15) is 0 Å². The number of Topliss-reactive ketones (excluding diaryl/α,β-unsaturated/α-hetero) is 1. The van der Waals surface area contributed by atoms with Crippen LogP contribution in [-0.2, 0) is 19.2 Å². The molecule has 27 heavy (non-hydrogen) atoms. The molecule has 0 aliphatic rings. The SMILES string of the molecule is COC(=O)CCC(=NOC(C)=O)C(=O)c1ccc(Sc2ccccc2)cc1. The van der Waals surface area contributed by atoms with E-state index in [0.717, 1.165) is 9.79 Å². The molecule has 6 nitrogen and oxygen atoms in total. The van der Waals surface area contributed by atoms with Gasteiger partial charge in [0.25, 0.3) is 0 Å². The normalized spacial score (nSPS) is 11.0. The highest BCUT2D eigenvalue weighted by Crippen LogP contribution is 2.27. The minimum Gasteiger partial charge on any atom is -0.469 e. The molecule has 0 fully saturated rings. The fourth-order valence-corrected chi connectivity index (χ4v) is 2.95. The van der Waals surface area contributed by atoms with E-state index in [2.05, 4.69) is 14.7 Å². The fourth-order valence-electron chi connectivity index (χ4n) is 2.11. The fraction of sp³-hybridized carbons (Fsp3) is 0.200. The summed E-state index contributed by atoms with van der Waals surface area (Å²) in [6.07, 6.45) is -0.0242. The molecule has 0 N–H and O–H groups in total. The van der Waals surface area contributed by atoms with Crippen molar-refractivity contribution in [1.82, 2.24) is 0 Å². The molecule has 0 heterocycles. The van der Waals surface area contributed by atoms with E-state index in [4.69, 9.17) is 0 Å². The van der Waals surface area contributed by atoms with Crippen molar-refractivity contribution < 1.29 is 24.0 Å². The van der Waals surface area contributed by atoms with Crippen LogP contribution in [0, 0.1) is 0 Å². The summed E-state index contributed by atoms with van der Waals surface area (Å²) in [4.78, 5) is 41.6. The number of carbonyl (C=O) groups is 3. The molecule has 0 saturated heterocycles. The van der Waals surface area contributed by atoms with E-state index in [1.165, 1.54) is 14.0 Å². The van der Waals surface area contributed by atoms with E-state index in [1.54, 1.807) is 23.9 Å². The largest absolute Gasteiger partial charge is 0.469 e. The lowest BCUT2D eigenvalue weighted by Gasteiger charge is -2.06. The number of hydrogen-bond donors (Lipinski definition) is 0. The summed E-state index contributed by atoms with van der Waals surface area (Å²) in [5.41, 5.74) is 0.377. The second kappa shape index (κ2) is 10.3. The minimum atomic E-state index is -0.645. The first kappa shape index (κ1) is 20.4. The molecule has 0 aromatic heterocycles. The Bertz CT molecular complexity index is 831. The van der Waals surface area contributed by atoms with Gasteiger partial charge >= 0.3 is 11.9 Å². The summed E-state index contributed by atoms with van der Waals surface area (Å²) >= 11 is 1.58. The van der Waals surface area contributed by atoms with Crippen molar-refractivity contribution >= 4 is 35.2 Å². The van der Waals surface area contributed by atoms with Crippen molar-refractivity contribution in [2.24, 2.45) is 5.16 Å². The van der Waals surface area contributed by atoms with Crippen molar-refractivity contribution in [3.05, 3.63) is 60.2 Å². The quantitative estimate of drug-likeness (QED) is 0.225. The number of oxime groups is 1. The van der Waals surface area contributed by atoms with Crippen LogP contribution in [0.5, 0.6) is 0 Å². The summed E-state index contributed by atoms with van der Waals surface area (Å²) in [6, 6.07) is 16.9. The molecule has 2 aromatic carbocycles. The zero-order chi connectivity index (χ0) is 19.6. The van der Waals surface area contributed by atoms with E-state index in [1.807, 2.05) is 42.5 Å². The Labute approximate surface area is 161 Å². The van der Waals surface area contributed by atoms with E-state index in [9.17, 15) is 14.4 Å². The van der Waals surface area contributed by atoms with Gasteiger partial charge < -0.3 is 9.57 Å². The lowest BCUT2D eigenvalue weighted by atomic mass is 10.0. The lowest BCUT2D eigenvalue weighted by Crippen LogP contribution is -2.17. The van der Waals surface area contributed by atoms with Gasteiger partial charge in [0, 0.05) is 28.7 Å². The Kier molecular flexibility index (Phi) is 7.76. The molecule has 0 atom stereocenters. The van der Waals surface area contributed by atoms with Crippen molar-refractivity contribution in [2.45, 2.75) is 29.6 Å². The monoisotopic (exact) mass is 385 g/mol. The number of nitrogens with zero attached hydrogens (tertiary/aromatic N) is 1. The molecular weight excluding hydrogens is 366 g/mol. The van der Waals surface area contributed by atoms with Gasteiger partial charge in [0.1, 0.15) is 5.71 Å². The van der Waals surface area contributed by atoms with Crippen LogP contribution in [0.2, 0.25) is 0 Å². The van der Waals surface area contributed by atoms with E-state index in [0.29, 0.717) is 5.56 Å². The number of ketones is 1. The third-order valence-corrected chi connectivity index (χ3v) is 4.45. The third kappa shape index (κ3) is 6.71. The topological polar surface area (TPSA) is 82.0 Å². The highest BCUT2D eigenvalue weighted by atomic mass is 32.2. The Morgan fingerprint density at radius 2 is 1.56 bits per heavy atom. The van der Waals surface area contributed by atoms with E-state index >= 15 is 0 Å². The number of rotatable bonds is 8. The molecule has 0 aliphatic heterocycles. The maximum atomic E-state index is 12.6. The Hall–Kier alpha value is -2.93. The molecule has 0 aliphatic carbocycles. The van der Waals surface area contributed by atoms with Gasteiger partial charge in [-0.25, -0.2) is 4.79 Å². The number of carbonyl (C=O) groups excluding carboxylic acids is 3. The van der Waals surface area contributed by atoms with Crippen molar-refractivity contribution in [1.29, 1.82) is 0 Å². The average Bonchev–Trinajstić information content (AvgIpc) is 2.68. The van der Waals surface area contributed by atoms with Gasteiger partial charge in [0.2, 0.25) is 5.78 Å². The smallest absolute Gasteiger partial charge is 0.331 e. The van der Waals surface area contributed by atoms with Crippen LogP contribution in [0.3, 0.4) is 0 Å². The zero-order valence-corrected chi connectivity index (χ0v) is 15.8. The van der Waals surface area contributed by atoms with Gasteiger partial charge in [-0.3, -0.25) is 9.59 Å². The van der Waals surface area contributed by atoms with Crippen molar-refractivity contribution in [3.63, 3.8) is 0 Å². The van der Waals surface area contributed by atoms with Crippen LogP contribution in [-0.4, -0.2) is 30.5 Å². The number of methoxy groups -OCH3 is 1. The van der Waals surface area contributed by atoms with E-state index in [-0.39, 0.29) is 18.6 Å². The number of ether oxygens (including phenoxy) is 1. The average molecular weight is 385 g/mol. The molecule has 0 radical (unpaired) electrons. The summed E-state index contributed by atoms with van der Waals surface area (Å²) in [6.45, 7) is 1.18. The molecule has 0 saturated carbocycles. The second-order valence-electron chi connectivity index (χ2n) is 5.47. The Morgan fingerprint density at radius 1 is 0.926 bits per heavy atom. The number of hydrogen-bond acceptors (Lipinski definition) is 7. The molecular formula is C20H19NO5S. The highest BCUT2D eigenvalue weighted by molar-refractivity contribution is 7.99. The Balaban J connectivity index is 2.12. The van der Waals surface area contributed by atoms with Crippen LogP contribution in [0.25, 0.3) is 0 Å². The molecule has 2 aromatic rings. The van der Waals surface area contributed by atoms with Crippen LogP contribution < -0.4 is 0 Å². The standard InChI is InChI=1S/C20H19NO5S/c1-14(22)26-21-18(12-13-19(23)25-2)20(24)15-8-10-17(11-9-15)27-16-6-4-3-5-7-16/h3-11H,12-13H2,1-2H3. The number of benzene rings is 2. The van der Waals surface area contributed by atoms with Crippen molar-refractivity contribution in [3.8, 4) is 0 Å². The van der Waals surface area contributed by atoms with Crippen LogP contribution in [0.4, 0.5) is 0 Å². The zero-order valence-electron chi connectivity index (χ0n) is 15.0. The molecule has 0 unspecified atom stereocenters. The van der Waals surface area contributed by atoms with E-state index < -0.39 is 17.7 Å². The van der Waals surface area contributed by atoms with Crippen LogP contribution in [0.15, 0.2) is 69.5 Å². The first-order chi connectivity index (χ1) is 13.0. The number of esters is 1. The van der Waals surface area contributed by atoms with Gasteiger partial charge in [-0.1, -0.05) is 35.1 Å². The molecule has 0 spiro atoms. The summed E-state index contributed by atoms with van der Waals surface area (Å²) < 4.78 is 4.57. The van der Waals surface area contributed by atoms with Gasteiger partial charge in [-0.05, 0) is 36.4 Å². The van der Waals surface area contributed by atoms with Gasteiger partial charge in [-0.15, -0.1) is 0 Å². The maximum absolute atomic E-state index is 12.6. The van der Waals surface area contributed by atoms with Crippen LogP contribution >= 0.6 is 11.8 Å². The molecule has 7 heteroatoms. The molecule has 0 bridgehead atoms. The second-order valence-corrected chi connectivity index (χ2v) is 6.61. The first-order valence-corrected chi connectivity index (χ1v) is 9.00. The first-order valence-electron chi connectivity index (χ1n) is 8.18. The summed E-state index contributed by atoms with van der Waals surface area (Å²) in [5, 5.41) is 3.60. The predicted molar refractivity (Wildman–Crippen MR) is 102 cm³/mol. The molecule has 2 rings (SSSR count). The van der Waals surface area contributed by atoms with Crippen molar-refractivity contribution in [2.75, 3.05) is 7.11 Å². The van der Waals surface area contributed by atoms with Crippen LogP contribution in [0.1, 0.15) is 30.1 Å². The predicted octanol–water partition coefficient (Wildman–Crippen LogP) is 3.89.